The van der Waals surface area contributed by atoms with Crippen molar-refractivity contribution in [3.05, 3.63) is 61.7 Å². The molecular weight excluding hydrogens is 425 g/mol. The van der Waals surface area contributed by atoms with Crippen LogP contribution in [0.3, 0.4) is 0 Å². The number of aromatic nitrogens is 2. The van der Waals surface area contributed by atoms with Crippen LogP contribution >= 0.6 is 0 Å². The summed E-state index contributed by atoms with van der Waals surface area (Å²) in [5.74, 6) is -0.371. The molecule has 1 unspecified atom stereocenters. The summed E-state index contributed by atoms with van der Waals surface area (Å²) in [4.78, 5) is 28.6. The van der Waals surface area contributed by atoms with Crippen molar-refractivity contribution >= 4 is 17.4 Å². The first-order valence-electron chi connectivity index (χ1n) is 11.2. The second-order valence-corrected chi connectivity index (χ2v) is 7.77. The van der Waals surface area contributed by atoms with E-state index in [1.807, 2.05) is 20.8 Å². The molecule has 176 valence electrons. The molecule has 0 saturated heterocycles. The molecule has 3 aromatic rings. The molecule has 3 heterocycles. The Kier molecular flexibility index (Phi) is 7.29. The van der Waals surface area contributed by atoms with Gasteiger partial charge in [0.25, 0.3) is 12.0 Å². The molecule has 0 amide bonds. The fourth-order valence-electron chi connectivity index (χ4n) is 4.58. The van der Waals surface area contributed by atoms with Gasteiger partial charge >= 0.3 is 0 Å². The van der Waals surface area contributed by atoms with Gasteiger partial charge in [0.1, 0.15) is 12.4 Å². The van der Waals surface area contributed by atoms with Crippen LogP contribution in [0.1, 0.15) is 67.2 Å². The summed E-state index contributed by atoms with van der Waals surface area (Å²) in [6.07, 6.45) is -0.282. The van der Waals surface area contributed by atoms with Crippen LogP contribution in [0.15, 0.2) is 16.9 Å². The predicted octanol–water partition coefficient (Wildman–Crippen LogP) is 3.65. The van der Waals surface area contributed by atoms with Crippen LogP contribution in [0.2, 0.25) is 0 Å². The number of fused-ring (bicyclic) bond motifs is 4. The molecule has 2 aromatic heterocycles. The number of carbonyl (C=O) groups is 1. The number of benzene rings is 1. The standard InChI is InChI=1S/C23H24FN3O4.C2H6/c1-4-13-16-8-27-20(5-14(12(3)29)17(23(27)30)9-31-10-28)22(16)26-19-6-18(24)11(2)15(7-25)21(13)19;1-2/h5-6,10,12,29H,4,7-9,25H2,1-3H3;1-2H3. The van der Waals surface area contributed by atoms with Crippen LogP contribution in [-0.4, -0.2) is 21.1 Å². The van der Waals surface area contributed by atoms with Crippen molar-refractivity contribution in [1.82, 2.24) is 9.55 Å². The third-order valence-electron chi connectivity index (χ3n) is 6.11. The minimum absolute atomic E-state index is 0.180. The zero-order chi connectivity index (χ0) is 24.4. The minimum Gasteiger partial charge on any atom is -0.463 e. The van der Waals surface area contributed by atoms with E-state index in [2.05, 4.69) is 0 Å². The quantitative estimate of drug-likeness (QED) is 0.430. The summed E-state index contributed by atoms with van der Waals surface area (Å²) in [6.45, 7) is 9.78. The summed E-state index contributed by atoms with van der Waals surface area (Å²) in [7, 11) is 0. The van der Waals surface area contributed by atoms with Crippen molar-refractivity contribution in [3.63, 3.8) is 0 Å². The maximum atomic E-state index is 14.6. The van der Waals surface area contributed by atoms with Crippen LogP contribution in [0, 0.1) is 12.7 Å². The van der Waals surface area contributed by atoms with Gasteiger partial charge in [-0.15, -0.1) is 0 Å². The monoisotopic (exact) mass is 455 g/mol. The van der Waals surface area contributed by atoms with E-state index >= 15 is 0 Å². The van der Waals surface area contributed by atoms with E-state index in [1.165, 1.54) is 6.07 Å². The fourth-order valence-corrected chi connectivity index (χ4v) is 4.58. The number of nitrogens with two attached hydrogens (primary N) is 1. The van der Waals surface area contributed by atoms with Crippen molar-refractivity contribution in [2.45, 2.75) is 66.8 Å². The Balaban J connectivity index is 0.00000149. The Morgan fingerprint density at radius 1 is 1.30 bits per heavy atom. The van der Waals surface area contributed by atoms with E-state index in [0.717, 1.165) is 22.1 Å². The van der Waals surface area contributed by atoms with Crippen molar-refractivity contribution in [2.24, 2.45) is 5.73 Å². The van der Waals surface area contributed by atoms with Crippen LogP contribution < -0.4 is 11.3 Å². The lowest BCUT2D eigenvalue weighted by Crippen LogP contribution is -2.26. The number of nitrogens with zero attached hydrogens (tertiary/aromatic N) is 2. The molecule has 3 N–H and O–H groups in total. The molecule has 0 saturated carbocycles. The predicted molar refractivity (Wildman–Crippen MR) is 125 cm³/mol. The summed E-state index contributed by atoms with van der Waals surface area (Å²) in [5.41, 5.74) is 11.0. The Labute approximate surface area is 192 Å². The zero-order valence-corrected chi connectivity index (χ0v) is 19.7. The number of hydrogen-bond donors (Lipinski definition) is 2. The maximum absolute atomic E-state index is 14.6. The van der Waals surface area contributed by atoms with Gasteiger partial charge in [0, 0.05) is 23.6 Å². The van der Waals surface area contributed by atoms with Crippen molar-refractivity contribution < 1.29 is 19.0 Å². The minimum atomic E-state index is -0.942. The van der Waals surface area contributed by atoms with E-state index < -0.39 is 6.10 Å². The number of aryl methyl sites for hydroxylation is 1. The average Bonchev–Trinajstić information content (AvgIpc) is 3.17. The van der Waals surface area contributed by atoms with Gasteiger partial charge in [0.15, 0.2) is 0 Å². The second kappa shape index (κ2) is 9.80. The summed E-state index contributed by atoms with van der Waals surface area (Å²) < 4.78 is 20.9. The molecule has 0 fully saturated rings. The molecule has 1 aliphatic rings. The van der Waals surface area contributed by atoms with E-state index in [-0.39, 0.29) is 36.6 Å². The van der Waals surface area contributed by atoms with E-state index in [9.17, 15) is 19.1 Å². The van der Waals surface area contributed by atoms with E-state index in [0.29, 0.717) is 41.0 Å². The number of pyridine rings is 2. The van der Waals surface area contributed by atoms with Crippen LogP contribution in [0.25, 0.3) is 22.3 Å². The van der Waals surface area contributed by atoms with Gasteiger partial charge < -0.3 is 20.1 Å². The molecule has 7 nitrogen and oxygen atoms in total. The summed E-state index contributed by atoms with van der Waals surface area (Å²) >= 11 is 0. The molecular formula is C25H30FN3O4. The fraction of sp³-hybridized carbons (Fsp3) is 0.400. The Morgan fingerprint density at radius 3 is 2.58 bits per heavy atom. The van der Waals surface area contributed by atoms with Crippen LogP contribution in [-0.2, 0) is 35.6 Å². The third-order valence-corrected chi connectivity index (χ3v) is 6.11. The van der Waals surface area contributed by atoms with Gasteiger partial charge in [-0.3, -0.25) is 9.59 Å². The second-order valence-electron chi connectivity index (χ2n) is 7.77. The highest BCUT2D eigenvalue weighted by molar-refractivity contribution is 5.91. The van der Waals surface area contributed by atoms with Gasteiger partial charge in [-0.1, -0.05) is 20.8 Å². The largest absolute Gasteiger partial charge is 0.463 e. The number of rotatable bonds is 6. The smallest absolute Gasteiger partial charge is 0.293 e. The summed E-state index contributed by atoms with van der Waals surface area (Å²) in [5, 5.41) is 11.1. The lowest BCUT2D eigenvalue weighted by molar-refractivity contribution is -0.129. The van der Waals surface area contributed by atoms with Crippen molar-refractivity contribution in [1.29, 1.82) is 0 Å². The SMILES string of the molecule is CC.CCc1c2c(nc3cc(F)c(C)c(CN)c13)-c1cc(C(C)O)c(COC=O)c(=O)n1C2. The number of hydrogen-bond acceptors (Lipinski definition) is 6. The first kappa shape index (κ1) is 24.5. The van der Waals surface area contributed by atoms with Gasteiger partial charge in [-0.05, 0) is 48.6 Å². The molecule has 8 heteroatoms. The highest BCUT2D eigenvalue weighted by Gasteiger charge is 2.29. The number of aliphatic hydroxyl groups excluding tert-OH is 1. The molecule has 4 rings (SSSR count). The van der Waals surface area contributed by atoms with E-state index in [1.54, 1.807) is 24.5 Å². The molecule has 1 aromatic carbocycles. The van der Waals surface area contributed by atoms with E-state index in [4.69, 9.17) is 15.5 Å². The number of aliphatic hydroxyl groups is 1. The normalized spacial score (nSPS) is 12.6. The molecule has 1 atom stereocenters. The highest BCUT2D eigenvalue weighted by Crippen LogP contribution is 2.39. The molecule has 0 radical (unpaired) electrons. The number of ether oxygens (including phenoxy) is 1. The number of carbonyl (C=O) groups excluding carboxylic acids is 1. The van der Waals surface area contributed by atoms with Gasteiger partial charge in [-0.2, -0.15) is 0 Å². The molecule has 0 spiro atoms. The van der Waals surface area contributed by atoms with Gasteiger partial charge in [-0.25, -0.2) is 9.37 Å². The lowest BCUT2D eigenvalue weighted by atomic mass is 9.92. The molecule has 33 heavy (non-hydrogen) atoms. The Hall–Kier alpha value is -3.10. The first-order chi connectivity index (χ1) is 15.8. The molecule has 0 aliphatic carbocycles. The lowest BCUT2D eigenvalue weighted by Gasteiger charge is -2.16. The van der Waals surface area contributed by atoms with Crippen LogP contribution in [0.5, 0.6) is 0 Å². The average molecular weight is 456 g/mol. The zero-order valence-electron chi connectivity index (χ0n) is 19.7. The molecule has 0 bridgehead atoms. The van der Waals surface area contributed by atoms with Gasteiger partial charge in [0.05, 0.1) is 35.1 Å². The third kappa shape index (κ3) is 3.94. The summed E-state index contributed by atoms with van der Waals surface area (Å²) in [6, 6.07) is 3.11. The Morgan fingerprint density at radius 2 is 2.00 bits per heavy atom. The van der Waals surface area contributed by atoms with Crippen molar-refractivity contribution in [3.8, 4) is 11.4 Å². The van der Waals surface area contributed by atoms with Gasteiger partial charge in [0.2, 0.25) is 0 Å². The van der Waals surface area contributed by atoms with Crippen LogP contribution in [0.4, 0.5) is 4.39 Å². The highest BCUT2D eigenvalue weighted by atomic mass is 19.1. The number of halogens is 1. The topological polar surface area (TPSA) is 107 Å². The Bertz CT molecular complexity index is 1280. The molecule has 1 aliphatic heterocycles. The van der Waals surface area contributed by atoms with Crippen molar-refractivity contribution in [2.75, 3.05) is 0 Å². The maximum Gasteiger partial charge on any atom is 0.293 e. The first-order valence-corrected chi connectivity index (χ1v) is 11.2.